The molecule has 0 fully saturated rings. The zero-order chi connectivity index (χ0) is 13.8. The molecule has 0 saturated heterocycles. The Balaban J connectivity index is 2.89. The van der Waals surface area contributed by atoms with E-state index in [4.69, 9.17) is 33.7 Å². The van der Waals surface area contributed by atoms with E-state index in [2.05, 4.69) is 4.72 Å². The zero-order valence-electron chi connectivity index (χ0n) is 9.74. The summed E-state index contributed by atoms with van der Waals surface area (Å²) in [7, 11) is -2.14. The van der Waals surface area contributed by atoms with Gasteiger partial charge in [-0.1, -0.05) is 23.2 Å². The molecule has 0 aromatic heterocycles. The Bertz CT molecular complexity index is 520. The van der Waals surface area contributed by atoms with Gasteiger partial charge in [0.25, 0.3) is 0 Å². The number of nitrogens with two attached hydrogens (primary N) is 1. The minimum Gasteiger partial charge on any atom is -0.396 e. The van der Waals surface area contributed by atoms with Crippen molar-refractivity contribution in [1.82, 2.24) is 4.72 Å². The van der Waals surface area contributed by atoms with Crippen molar-refractivity contribution in [3.8, 4) is 0 Å². The van der Waals surface area contributed by atoms with Crippen molar-refractivity contribution in [3.05, 3.63) is 22.2 Å². The Morgan fingerprint density at radius 1 is 1.39 bits per heavy atom. The maximum absolute atomic E-state index is 11.9. The van der Waals surface area contributed by atoms with Crippen LogP contribution in [-0.2, 0) is 14.8 Å². The molecule has 8 heteroatoms. The van der Waals surface area contributed by atoms with Gasteiger partial charge in [-0.05, 0) is 18.6 Å². The van der Waals surface area contributed by atoms with Crippen LogP contribution in [0.1, 0.15) is 6.42 Å². The normalized spacial score (nSPS) is 11.7. The number of halogens is 2. The molecule has 102 valence electrons. The average Bonchev–Trinajstić information content (AvgIpc) is 2.31. The molecule has 3 N–H and O–H groups in total. The van der Waals surface area contributed by atoms with E-state index in [-0.39, 0.29) is 27.2 Å². The van der Waals surface area contributed by atoms with E-state index < -0.39 is 10.0 Å². The number of benzene rings is 1. The molecular formula is C10H14Cl2N2O3S. The van der Waals surface area contributed by atoms with Crippen molar-refractivity contribution in [1.29, 1.82) is 0 Å². The number of nitrogens with one attached hydrogen (secondary N) is 1. The van der Waals surface area contributed by atoms with Crippen molar-refractivity contribution < 1.29 is 13.2 Å². The number of ether oxygens (including phenoxy) is 1. The van der Waals surface area contributed by atoms with E-state index in [1.165, 1.54) is 12.1 Å². The maximum Gasteiger partial charge on any atom is 0.242 e. The summed E-state index contributed by atoms with van der Waals surface area (Å²) in [5.74, 6) is 0. The minimum absolute atomic E-state index is 0.0538. The van der Waals surface area contributed by atoms with E-state index in [1.807, 2.05) is 0 Å². The van der Waals surface area contributed by atoms with Crippen molar-refractivity contribution in [2.45, 2.75) is 11.3 Å². The molecule has 0 atom stereocenters. The standard InChI is InChI=1S/C10H14Cl2N2O3S/c1-17-6-2-5-14-18(15,16)8-4-3-7(11)10(13)9(8)12/h3-4,14H,2,5-6,13H2,1H3. The molecule has 0 unspecified atom stereocenters. The number of nitrogen functional groups attached to an aromatic ring is 1. The highest BCUT2D eigenvalue weighted by molar-refractivity contribution is 7.89. The first-order valence-electron chi connectivity index (χ1n) is 5.12. The monoisotopic (exact) mass is 312 g/mol. The van der Waals surface area contributed by atoms with Crippen LogP contribution in [-0.4, -0.2) is 28.7 Å². The quantitative estimate of drug-likeness (QED) is 0.621. The number of hydrogen-bond donors (Lipinski definition) is 2. The predicted molar refractivity (Wildman–Crippen MR) is 72.6 cm³/mol. The van der Waals surface area contributed by atoms with Crippen LogP contribution in [0.15, 0.2) is 17.0 Å². The Morgan fingerprint density at radius 2 is 2.06 bits per heavy atom. The van der Waals surface area contributed by atoms with Crippen molar-refractivity contribution >= 4 is 38.9 Å². The molecule has 0 bridgehead atoms. The molecule has 18 heavy (non-hydrogen) atoms. The number of rotatable bonds is 6. The van der Waals surface area contributed by atoms with Gasteiger partial charge in [0.05, 0.1) is 15.7 Å². The van der Waals surface area contributed by atoms with Gasteiger partial charge < -0.3 is 10.5 Å². The fourth-order valence-corrected chi connectivity index (χ4v) is 3.09. The Kier molecular flexibility index (Phi) is 5.68. The summed E-state index contributed by atoms with van der Waals surface area (Å²) < 4.78 is 31.1. The second kappa shape index (κ2) is 6.58. The smallest absolute Gasteiger partial charge is 0.242 e. The average molecular weight is 313 g/mol. The van der Waals surface area contributed by atoms with E-state index in [1.54, 1.807) is 7.11 Å². The van der Waals surface area contributed by atoms with Crippen LogP contribution in [0.25, 0.3) is 0 Å². The second-order valence-electron chi connectivity index (χ2n) is 3.52. The number of anilines is 1. The summed E-state index contributed by atoms with van der Waals surface area (Å²) in [5.41, 5.74) is 5.63. The van der Waals surface area contributed by atoms with Gasteiger partial charge in [0, 0.05) is 20.3 Å². The Hall–Kier alpha value is -0.530. The van der Waals surface area contributed by atoms with Crippen LogP contribution < -0.4 is 10.5 Å². The summed E-state index contributed by atoms with van der Waals surface area (Å²) in [5, 5.41) is 0.153. The number of methoxy groups -OCH3 is 1. The van der Waals surface area contributed by atoms with Crippen LogP contribution in [0.5, 0.6) is 0 Å². The first-order valence-corrected chi connectivity index (χ1v) is 7.36. The minimum atomic E-state index is -3.69. The third kappa shape index (κ3) is 3.73. The largest absolute Gasteiger partial charge is 0.396 e. The predicted octanol–water partition coefficient (Wildman–Crippen LogP) is 1.89. The first-order chi connectivity index (χ1) is 8.40. The molecule has 0 amide bonds. The van der Waals surface area contributed by atoms with Gasteiger partial charge in [0.1, 0.15) is 4.90 Å². The summed E-state index contributed by atoms with van der Waals surface area (Å²) in [6, 6.07) is 2.71. The van der Waals surface area contributed by atoms with Crippen LogP contribution in [0.4, 0.5) is 5.69 Å². The summed E-state index contributed by atoms with van der Waals surface area (Å²) >= 11 is 11.6. The van der Waals surface area contributed by atoms with Gasteiger partial charge in [-0.2, -0.15) is 0 Å². The summed E-state index contributed by atoms with van der Waals surface area (Å²) in [4.78, 5) is -0.0801. The maximum atomic E-state index is 11.9. The lowest BCUT2D eigenvalue weighted by Crippen LogP contribution is -2.26. The molecule has 1 rings (SSSR count). The molecule has 0 radical (unpaired) electrons. The van der Waals surface area contributed by atoms with Crippen LogP contribution in [0.2, 0.25) is 10.0 Å². The Labute approximate surface area is 116 Å². The third-order valence-corrected chi connectivity index (χ3v) is 4.55. The zero-order valence-corrected chi connectivity index (χ0v) is 12.1. The lowest BCUT2D eigenvalue weighted by Gasteiger charge is -2.10. The topological polar surface area (TPSA) is 81.4 Å². The lowest BCUT2D eigenvalue weighted by molar-refractivity contribution is 0.196. The fourth-order valence-electron chi connectivity index (χ4n) is 1.26. The van der Waals surface area contributed by atoms with E-state index in [0.29, 0.717) is 13.0 Å². The highest BCUT2D eigenvalue weighted by Gasteiger charge is 2.20. The van der Waals surface area contributed by atoms with Crippen LogP contribution >= 0.6 is 23.2 Å². The highest BCUT2D eigenvalue weighted by atomic mass is 35.5. The fraction of sp³-hybridized carbons (Fsp3) is 0.400. The van der Waals surface area contributed by atoms with Crippen molar-refractivity contribution in [2.75, 3.05) is 26.0 Å². The molecule has 0 heterocycles. The summed E-state index contributed by atoms with van der Waals surface area (Å²) in [6.45, 7) is 0.730. The van der Waals surface area contributed by atoms with Crippen LogP contribution in [0.3, 0.4) is 0 Å². The van der Waals surface area contributed by atoms with Gasteiger partial charge in [-0.3, -0.25) is 0 Å². The van der Waals surface area contributed by atoms with Crippen molar-refractivity contribution in [3.63, 3.8) is 0 Å². The van der Waals surface area contributed by atoms with Gasteiger partial charge >= 0.3 is 0 Å². The second-order valence-corrected chi connectivity index (χ2v) is 6.04. The SMILES string of the molecule is COCCCNS(=O)(=O)c1ccc(Cl)c(N)c1Cl. The van der Waals surface area contributed by atoms with Gasteiger partial charge in [-0.15, -0.1) is 0 Å². The van der Waals surface area contributed by atoms with Crippen molar-refractivity contribution in [2.24, 2.45) is 0 Å². The molecule has 0 aliphatic carbocycles. The van der Waals surface area contributed by atoms with Crippen LogP contribution in [0, 0.1) is 0 Å². The molecular weight excluding hydrogens is 299 g/mol. The first kappa shape index (κ1) is 15.5. The molecule has 5 nitrogen and oxygen atoms in total. The molecule has 0 aliphatic heterocycles. The van der Waals surface area contributed by atoms with E-state index >= 15 is 0 Å². The molecule has 0 spiro atoms. The molecule has 0 saturated carbocycles. The number of hydrogen-bond acceptors (Lipinski definition) is 4. The molecule has 1 aromatic carbocycles. The van der Waals surface area contributed by atoms with Gasteiger partial charge in [0.15, 0.2) is 0 Å². The third-order valence-electron chi connectivity index (χ3n) is 2.20. The van der Waals surface area contributed by atoms with E-state index in [9.17, 15) is 8.42 Å². The lowest BCUT2D eigenvalue weighted by atomic mass is 10.3. The van der Waals surface area contributed by atoms with Gasteiger partial charge in [-0.25, -0.2) is 13.1 Å². The highest BCUT2D eigenvalue weighted by Crippen LogP contribution is 2.32. The molecule has 1 aromatic rings. The summed E-state index contributed by atoms with van der Waals surface area (Å²) in [6.07, 6.45) is 0.566. The Morgan fingerprint density at radius 3 is 2.67 bits per heavy atom. The number of sulfonamides is 1. The molecule has 0 aliphatic rings. The van der Waals surface area contributed by atoms with Gasteiger partial charge in [0.2, 0.25) is 10.0 Å². The van der Waals surface area contributed by atoms with E-state index in [0.717, 1.165) is 0 Å².